The summed E-state index contributed by atoms with van der Waals surface area (Å²) in [4.78, 5) is 10.3. The Balaban J connectivity index is 3.15. The Labute approximate surface area is 62.9 Å². The van der Waals surface area contributed by atoms with Crippen LogP contribution >= 0.6 is 0 Å². The Hall–Kier alpha value is -1.71. The van der Waals surface area contributed by atoms with Gasteiger partial charge < -0.3 is 15.9 Å². The van der Waals surface area contributed by atoms with Crippen LogP contribution in [0.25, 0.3) is 0 Å². The average Bonchev–Trinajstić information content (AvgIpc) is 1.94. The zero-order valence-electron chi connectivity index (χ0n) is 5.57. The molecular formula is C7H6NO3-. The molecule has 0 amide bonds. The number of hydrogen-bond donors (Lipinski definition) is 2. The summed E-state index contributed by atoms with van der Waals surface area (Å²) in [6.45, 7) is 0. The number of carboxylic acids is 1. The van der Waals surface area contributed by atoms with Crippen molar-refractivity contribution in [3.63, 3.8) is 0 Å². The van der Waals surface area contributed by atoms with Gasteiger partial charge in [0, 0.05) is 5.69 Å². The molecule has 0 aliphatic carbocycles. The molecule has 0 heterocycles. The molecule has 0 fully saturated rings. The van der Waals surface area contributed by atoms with Crippen LogP contribution in [0.4, 0.5) is 5.69 Å². The van der Waals surface area contributed by atoms with Crippen molar-refractivity contribution in [2.45, 2.75) is 0 Å². The van der Waals surface area contributed by atoms with Gasteiger partial charge in [-0.3, -0.25) is 0 Å². The van der Waals surface area contributed by atoms with E-state index in [1.165, 1.54) is 12.1 Å². The highest BCUT2D eigenvalue weighted by Gasteiger charge is 2.00. The Morgan fingerprint density at radius 1 is 1.55 bits per heavy atom. The highest BCUT2D eigenvalue weighted by atomic mass is 16.4. The zero-order valence-corrected chi connectivity index (χ0v) is 5.57. The van der Waals surface area contributed by atoms with Crippen LogP contribution in [0.2, 0.25) is 0 Å². The van der Waals surface area contributed by atoms with E-state index in [1.54, 1.807) is 0 Å². The van der Waals surface area contributed by atoms with E-state index in [2.05, 4.69) is 0 Å². The molecule has 4 heteroatoms. The van der Waals surface area contributed by atoms with Gasteiger partial charge in [0.05, 0.1) is 5.56 Å². The Bertz CT molecular complexity index is 296. The standard InChI is InChI=1S/C7H7NO3/c8-5-2-1-4(7(10)11)3-6(5)9/h1-3,9H,8H2,(H,10,11)/p-1. The number of hydrogen-bond acceptors (Lipinski definition) is 3. The second-order valence-corrected chi connectivity index (χ2v) is 2.06. The van der Waals surface area contributed by atoms with Crippen molar-refractivity contribution in [1.82, 2.24) is 0 Å². The van der Waals surface area contributed by atoms with Crippen molar-refractivity contribution in [1.29, 1.82) is 0 Å². The van der Waals surface area contributed by atoms with Gasteiger partial charge in [0.15, 0.2) is 0 Å². The van der Waals surface area contributed by atoms with Crippen molar-refractivity contribution >= 4 is 11.7 Å². The molecular weight excluding hydrogens is 146 g/mol. The maximum atomic E-state index is 10.8. The molecule has 0 atom stereocenters. The summed E-state index contributed by atoms with van der Waals surface area (Å²) in [6.07, 6.45) is 0. The lowest BCUT2D eigenvalue weighted by Crippen LogP contribution is -2.01. The topological polar surface area (TPSA) is 86.4 Å². The molecule has 0 spiro atoms. The van der Waals surface area contributed by atoms with Gasteiger partial charge in [-0.25, -0.2) is 4.79 Å². The predicted octanol–water partition coefficient (Wildman–Crippen LogP) is 0.0406. The number of aromatic carboxylic acids is 1. The lowest BCUT2D eigenvalue weighted by Gasteiger charge is -2.08. The summed E-state index contributed by atoms with van der Waals surface area (Å²) >= 11 is 0. The normalized spacial score (nSPS) is 9.45. The van der Waals surface area contributed by atoms with Gasteiger partial charge in [-0.2, -0.15) is 0 Å². The summed E-state index contributed by atoms with van der Waals surface area (Å²) in [5.41, 5.74) is 5.21. The van der Waals surface area contributed by atoms with E-state index >= 15 is 0 Å². The SMILES string of the molecule is Nc1ccc(C(=O)O)cc1[O-]. The van der Waals surface area contributed by atoms with Gasteiger partial charge in [-0.15, -0.1) is 0 Å². The van der Waals surface area contributed by atoms with Crippen LogP contribution < -0.4 is 10.8 Å². The smallest absolute Gasteiger partial charge is 0.335 e. The molecule has 0 bridgehead atoms. The first-order valence-electron chi connectivity index (χ1n) is 2.91. The molecule has 0 aromatic heterocycles. The monoisotopic (exact) mass is 152 g/mol. The summed E-state index contributed by atoms with van der Waals surface area (Å²) in [7, 11) is 0. The molecule has 1 rings (SSSR count). The maximum absolute atomic E-state index is 10.8. The minimum absolute atomic E-state index is 0.0378. The fourth-order valence-corrected chi connectivity index (χ4v) is 0.667. The van der Waals surface area contributed by atoms with E-state index in [-0.39, 0.29) is 11.3 Å². The molecule has 0 aliphatic rings. The minimum atomic E-state index is -1.12. The lowest BCUT2D eigenvalue weighted by molar-refractivity contribution is -0.267. The first-order valence-corrected chi connectivity index (χ1v) is 2.91. The Morgan fingerprint density at radius 2 is 2.18 bits per heavy atom. The molecule has 0 saturated carbocycles. The van der Waals surface area contributed by atoms with Crippen LogP contribution in [-0.4, -0.2) is 11.1 Å². The highest BCUT2D eigenvalue weighted by molar-refractivity contribution is 5.88. The van der Waals surface area contributed by atoms with Gasteiger partial charge in [0.25, 0.3) is 0 Å². The predicted molar refractivity (Wildman–Crippen MR) is 37.3 cm³/mol. The molecule has 3 N–H and O–H groups in total. The van der Waals surface area contributed by atoms with Crippen LogP contribution in [0, 0.1) is 0 Å². The molecule has 58 valence electrons. The molecule has 1 aromatic carbocycles. The molecule has 0 unspecified atom stereocenters. The van der Waals surface area contributed by atoms with Crippen LogP contribution in [0.1, 0.15) is 10.4 Å². The lowest BCUT2D eigenvalue weighted by atomic mass is 10.2. The molecule has 11 heavy (non-hydrogen) atoms. The fraction of sp³-hybridized carbons (Fsp3) is 0. The molecule has 4 nitrogen and oxygen atoms in total. The summed E-state index contributed by atoms with van der Waals surface area (Å²) in [6, 6.07) is 3.57. The molecule has 1 aromatic rings. The Morgan fingerprint density at radius 3 is 2.64 bits per heavy atom. The fourth-order valence-electron chi connectivity index (χ4n) is 0.667. The second kappa shape index (κ2) is 2.49. The second-order valence-electron chi connectivity index (χ2n) is 2.06. The van der Waals surface area contributed by atoms with Crippen molar-refractivity contribution in [3.05, 3.63) is 23.8 Å². The number of anilines is 1. The highest BCUT2D eigenvalue weighted by Crippen LogP contribution is 2.17. The number of benzene rings is 1. The van der Waals surface area contributed by atoms with Gasteiger partial charge in [-0.1, -0.05) is 11.8 Å². The molecule has 0 aliphatic heterocycles. The third-order valence-corrected chi connectivity index (χ3v) is 1.26. The van der Waals surface area contributed by atoms with Crippen molar-refractivity contribution in [2.24, 2.45) is 0 Å². The zero-order chi connectivity index (χ0) is 8.43. The minimum Gasteiger partial charge on any atom is -0.871 e. The third-order valence-electron chi connectivity index (χ3n) is 1.26. The first kappa shape index (κ1) is 7.40. The van der Waals surface area contributed by atoms with E-state index in [1.807, 2.05) is 0 Å². The number of rotatable bonds is 1. The third kappa shape index (κ3) is 1.40. The summed E-state index contributed by atoms with van der Waals surface area (Å²) in [5.74, 6) is -1.58. The Kier molecular flexibility index (Phi) is 1.68. The average molecular weight is 152 g/mol. The first-order chi connectivity index (χ1) is 5.11. The van der Waals surface area contributed by atoms with Gasteiger partial charge >= 0.3 is 5.97 Å². The van der Waals surface area contributed by atoms with E-state index in [9.17, 15) is 9.90 Å². The summed E-state index contributed by atoms with van der Waals surface area (Å²) in [5, 5.41) is 19.2. The van der Waals surface area contributed by atoms with Crippen molar-refractivity contribution in [2.75, 3.05) is 5.73 Å². The number of nitrogens with two attached hydrogens (primary N) is 1. The van der Waals surface area contributed by atoms with Crippen LogP contribution in [-0.2, 0) is 0 Å². The van der Waals surface area contributed by atoms with Gasteiger partial charge in [0.1, 0.15) is 0 Å². The maximum Gasteiger partial charge on any atom is 0.335 e. The largest absolute Gasteiger partial charge is 0.871 e. The summed E-state index contributed by atoms with van der Waals surface area (Å²) < 4.78 is 0. The van der Waals surface area contributed by atoms with Crippen molar-refractivity contribution in [3.8, 4) is 5.75 Å². The molecule has 0 radical (unpaired) electrons. The number of carbonyl (C=O) groups is 1. The van der Waals surface area contributed by atoms with E-state index in [0.29, 0.717) is 0 Å². The van der Waals surface area contributed by atoms with Crippen LogP contribution in [0.5, 0.6) is 5.75 Å². The molecule has 0 saturated heterocycles. The van der Waals surface area contributed by atoms with E-state index in [0.717, 1.165) is 6.07 Å². The van der Waals surface area contributed by atoms with Crippen LogP contribution in [0.3, 0.4) is 0 Å². The quantitative estimate of drug-likeness (QED) is 0.556. The van der Waals surface area contributed by atoms with E-state index in [4.69, 9.17) is 10.8 Å². The number of carboxylic acid groups (broad SMARTS) is 1. The van der Waals surface area contributed by atoms with Gasteiger partial charge in [0.2, 0.25) is 0 Å². The van der Waals surface area contributed by atoms with Gasteiger partial charge in [-0.05, 0) is 12.1 Å². The number of nitrogen functional groups attached to an aromatic ring is 1. The van der Waals surface area contributed by atoms with Crippen molar-refractivity contribution < 1.29 is 15.0 Å². The van der Waals surface area contributed by atoms with E-state index < -0.39 is 11.7 Å². The van der Waals surface area contributed by atoms with Crippen LogP contribution in [0.15, 0.2) is 18.2 Å².